The Morgan fingerprint density at radius 1 is 1.11 bits per heavy atom. The van der Waals surface area contributed by atoms with Crippen LogP contribution in [0.25, 0.3) is 6.08 Å². The number of carboxylic acids is 1. The van der Waals surface area contributed by atoms with Gasteiger partial charge in [-0.2, -0.15) is 13.7 Å². The fraction of sp³-hybridized carbons (Fsp3) is 0.115. The third-order valence-corrected chi connectivity index (χ3v) is 6.94. The van der Waals surface area contributed by atoms with Crippen LogP contribution in [0, 0.1) is 21.8 Å². The van der Waals surface area contributed by atoms with Gasteiger partial charge in [-0.1, -0.05) is 17.7 Å². The molecule has 0 atom stereocenters. The maximum atomic E-state index is 12.8. The molecule has 2 N–H and O–H groups in total. The highest BCUT2D eigenvalue weighted by Gasteiger charge is 2.22. The lowest BCUT2D eigenvalue weighted by molar-refractivity contribution is -0.112. The van der Waals surface area contributed by atoms with Crippen LogP contribution in [0.2, 0.25) is 0 Å². The summed E-state index contributed by atoms with van der Waals surface area (Å²) >= 11 is 1.89. The Morgan fingerprint density at radius 3 is 2.32 bits per heavy atom. The van der Waals surface area contributed by atoms with E-state index in [2.05, 4.69) is 5.32 Å². The number of aromatic carboxylic acids is 1. The minimum Gasteiger partial charge on any atom is -0.490 e. The van der Waals surface area contributed by atoms with E-state index in [0.29, 0.717) is 14.8 Å². The molecule has 1 amide bonds. The predicted octanol–water partition coefficient (Wildman–Crippen LogP) is 5.01. The maximum absolute atomic E-state index is 12.8. The second kappa shape index (κ2) is 11.9. The molecule has 9 nitrogen and oxygen atoms in total. The summed E-state index contributed by atoms with van der Waals surface area (Å²) in [6.07, 6.45) is 1.32. The summed E-state index contributed by atoms with van der Waals surface area (Å²) < 4.78 is 37.1. The molecule has 0 bridgehead atoms. The molecule has 0 heterocycles. The Hall–Kier alpha value is -3.89. The zero-order valence-electron chi connectivity index (χ0n) is 19.7. The molecule has 3 aromatic carbocycles. The van der Waals surface area contributed by atoms with Gasteiger partial charge in [0.2, 0.25) is 0 Å². The van der Waals surface area contributed by atoms with E-state index in [1.807, 2.05) is 35.6 Å². The van der Waals surface area contributed by atoms with Gasteiger partial charge in [-0.3, -0.25) is 4.79 Å². The Kier molecular flexibility index (Phi) is 8.90. The summed E-state index contributed by atoms with van der Waals surface area (Å²) in [6, 6.07) is 16.5. The molecular weight excluding hydrogens is 611 g/mol. The number of halogens is 1. The van der Waals surface area contributed by atoms with Crippen LogP contribution in [0.4, 0.5) is 5.69 Å². The number of anilines is 1. The zero-order chi connectivity index (χ0) is 27.2. The normalized spacial score (nSPS) is 11.4. The molecule has 0 fully saturated rings. The van der Waals surface area contributed by atoms with Crippen LogP contribution in [0.5, 0.6) is 11.5 Å². The number of ether oxygens (including phenoxy) is 1. The number of carbonyl (C=O) groups is 2. The van der Waals surface area contributed by atoms with Gasteiger partial charge >= 0.3 is 16.1 Å². The van der Waals surface area contributed by atoms with Gasteiger partial charge in [0, 0.05) is 5.69 Å². The quantitative estimate of drug-likeness (QED) is 0.145. The van der Waals surface area contributed by atoms with Gasteiger partial charge in [0.1, 0.15) is 16.5 Å². The van der Waals surface area contributed by atoms with E-state index in [9.17, 15) is 23.3 Å². The first kappa shape index (κ1) is 27.7. The summed E-state index contributed by atoms with van der Waals surface area (Å²) in [4.78, 5) is 23.6. The molecule has 0 unspecified atom stereocenters. The number of rotatable bonds is 9. The van der Waals surface area contributed by atoms with E-state index in [-0.39, 0.29) is 34.1 Å². The number of amides is 1. The van der Waals surface area contributed by atoms with Crippen LogP contribution in [0.3, 0.4) is 0 Å². The predicted molar refractivity (Wildman–Crippen MR) is 145 cm³/mol. The molecular formula is C26H21IN2O7S. The number of carboxylic acid groups (broad SMARTS) is 1. The number of aryl methyl sites for hydroxylation is 1. The Morgan fingerprint density at radius 2 is 1.76 bits per heavy atom. The van der Waals surface area contributed by atoms with Gasteiger partial charge in [0.25, 0.3) is 5.91 Å². The minimum absolute atomic E-state index is 0.0124. The van der Waals surface area contributed by atoms with Crippen LogP contribution < -0.4 is 14.2 Å². The molecule has 37 heavy (non-hydrogen) atoms. The minimum atomic E-state index is -4.14. The summed E-state index contributed by atoms with van der Waals surface area (Å²) in [6.45, 7) is 3.77. The summed E-state index contributed by atoms with van der Waals surface area (Å²) in [7, 11) is -4.14. The van der Waals surface area contributed by atoms with Gasteiger partial charge in [0.05, 0.1) is 15.7 Å². The molecule has 0 radical (unpaired) electrons. The first-order valence-electron chi connectivity index (χ1n) is 10.8. The summed E-state index contributed by atoms with van der Waals surface area (Å²) in [5.74, 6) is -1.70. The van der Waals surface area contributed by atoms with E-state index in [4.69, 9.17) is 14.0 Å². The van der Waals surface area contributed by atoms with Crippen molar-refractivity contribution >= 4 is 56.3 Å². The maximum Gasteiger partial charge on any atom is 0.339 e. The van der Waals surface area contributed by atoms with Gasteiger partial charge < -0.3 is 19.3 Å². The fourth-order valence-corrected chi connectivity index (χ4v) is 4.93. The number of carbonyl (C=O) groups excluding carboxylic acids is 1. The van der Waals surface area contributed by atoms with Crippen LogP contribution in [0.1, 0.15) is 28.4 Å². The zero-order valence-corrected chi connectivity index (χ0v) is 22.7. The molecule has 0 aromatic heterocycles. The van der Waals surface area contributed by atoms with E-state index < -0.39 is 22.0 Å². The number of hydrogen-bond donors (Lipinski definition) is 2. The Labute approximate surface area is 227 Å². The van der Waals surface area contributed by atoms with E-state index in [1.165, 1.54) is 48.5 Å². The van der Waals surface area contributed by atoms with Crippen molar-refractivity contribution in [1.82, 2.24) is 0 Å². The van der Waals surface area contributed by atoms with Gasteiger partial charge in [-0.15, -0.1) is 0 Å². The Bertz CT molecular complexity index is 1510. The number of nitrogens with zero attached hydrogens (tertiary/aromatic N) is 1. The highest BCUT2D eigenvalue weighted by molar-refractivity contribution is 14.1. The molecule has 190 valence electrons. The lowest BCUT2D eigenvalue weighted by Crippen LogP contribution is -2.14. The van der Waals surface area contributed by atoms with Crippen LogP contribution in [-0.2, 0) is 14.9 Å². The third-order valence-electron chi connectivity index (χ3n) is 4.90. The molecule has 0 aliphatic heterocycles. The fourth-order valence-electron chi connectivity index (χ4n) is 3.09. The second-order valence-corrected chi connectivity index (χ2v) is 10.3. The van der Waals surface area contributed by atoms with E-state index in [1.54, 1.807) is 25.1 Å². The molecule has 0 aliphatic carbocycles. The first-order valence-corrected chi connectivity index (χ1v) is 13.3. The molecule has 0 spiro atoms. The number of hydrogen-bond acceptors (Lipinski definition) is 7. The van der Waals surface area contributed by atoms with E-state index in [0.717, 1.165) is 5.56 Å². The monoisotopic (exact) mass is 632 g/mol. The largest absolute Gasteiger partial charge is 0.490 e. The van der Waals surface area contributed by atoms with Crippen LogP contribution in [-0.4, -0.2) is 32.0 Å². The summed E-state index contributed by atoms with van der Waals surface area (Å²) in [5.41, 5.74) is 1.43. The number of nitriles is 1. The van der Waals surface area contributed by atoms with Gasteiger partial charge in [-0.25, -0.2) is 4.79 Å². The van der Waals surface area contributed by atoms with Crippen LogP contribution in [0.15, 0.2) is 71.1 Å². The van der Waals surface area contributed by atoms with Crippen molar-refractivity contribution in [3.8, 4) is 17.6 Å². The number of benzene rings is 3. The molecule has 0 saturated carbocycles. The second-order valence-electron chi connectivity index (χ2n) is 7.62. The highest BCUT2D eigenvalue weighted by Crippen LogP contribution is 2.37. The van der Waals surface area contributed by atoms with Crippen molar-refractivity contribution in [3.05, 3.63) is 86.5 Å². The van der Waals surface area contributed by atoms with Gasteiger partial charge in [0.15, 0.2) is 11.5 Å². The Balaban J connectivity index is 1.90. The molecule has 0 aliphatic rings. The van der Waals surface area contributed by atoms with Crippen molar-refractivity contribution in [3.63, 3.8) is 0 Å². The van der Waals surface area contributed by atoms with Crippen molar-refractivity contribution in [1.29, 1.82) is 5.26 Å². The third kappa shape index (κ3) is 7.08. The van der Waals surface area contributed by atoms with Crippen molar-refractivity contribution in [2.75, 3.05) is 11.9 Å². The van der Waals surface area contributed by atoms with Crippen molar-refractivity contribution in [2.24, 2.45) is 0 Å². The topological polar surface area (TPSA) is 143 Å². The number of nitrogens with one attached hydrogen (secondary N) is 1. The highest BCUT2D eigenvalue weighted by atomic mass is 127. The smallest absolute Gasteiger partial charge is 0.339 e. The first-order chi connectivity index (χ1) is 17.5. The SMILES string of the molecule is CCOc1cc(/C=C(\C#N)C(=O)Nc2ccc(C(=O)O)cc2)cc(I)c1OS(=O)(=O)c1ccc(C)cc1. The molecule has 3 rings (SSSR count). The van der Waals surface area contributed by atoms with Crippen LogP contribution >= 0.6 is 22.6 Å². The standard InChI is InChI=1S/C26H21IN2O7S/c1-3-35-23-14-17(12-19(15-28)25(30)29-20-8-6-18(7-9-20)26(31)32)13-22(27)24(23)36-37(33,34)21-10-4-16(2)5-11-21/h4-14H,3H2,1-2H3,(H,29,30)(H,31,32)/b19-12+. The average Bonchev–Trinajstić information content (AvgIpc) is 2.85. The lowest BCUT2D eigenvalue weighted by atomic mass is 10.1. The van der Waals surface area contributed by atoms with Crippen molar-refractivity contribution < 1.29 is 32.0 Å². The molecule has 3 aromatic rings. The van der Waals surface area contributed by atoms with Crippen molar-refractivity contribution in [2.45, 2.75) is 18.7 Å². The van der Waals surface area contributed by atoms with Gasteiger partial charge in [-0.05, 0) is 96.6 Å². The lowest BCUT2D eigenvalue weighted by Gasteiger charge is -2.15. The molecule has 11 heteroatoms. The molecule has 0 saturated heterocycles. The summed E-state index contributed by atoms with van der Waals surface area (Å²) in [5, 5.41) is 21.1. The van der Waals surface area contributed by atoms with E-state index >= 15 is 0 Å². The average molecular weight is 632 g/mol.